The first-order valence-electron chi connectivity index (χ1n) is 7.41. The largest absolute Gasteiger partial charge is 0.381 e. The van der Waals surface area contributed by atoms with Gasteiger partial charge >= 0.3 is 6.03 Å². The van der Waals surface area contributed by atoms with E-state index in [1.165, 1.54) is 30.8 Å². The molecule has 0 aromatic carbocycles. The van der Waals surface area contributed by atoms with Crippen LogP contribution in [0, 0.1) is 5.41 Å². The van der Waals surface area contributed by atoms with Gasteiger partial charge in [0.15, 0.2) is 0 Å². The number of nitrogens with one attached hydrogen (secondary N) is 1. The maximum atomic E-state index is 12.4. The van der Waals surface area contributed by atoms with Gasteiger partial charge in [0, 0.05) is 31.0 Å². The van der Waals surface area contributed by atoms with Crippen LogP contribution in [0.4, 0.5) is 4.79 Å². The zero-order chi connectivity index (χ0) is 15.0. The summed E-state index contributed by atoms with van der Waals surface area (Å²) in [5, 5.41) is 8.87. The second kappa shape index (κ2) is 5.53. The van der Waals surface area contributed by atoms with Gasteiger partial charge in [-0.25, -0.2) is 4.79 Å². The zero-order valence-corrected chi connectivity index (χ0v) is 13.5. The van der Waals surface area contributed by atoms with E-state index >= 15 is 0 Å². The average Bonchev–Trinajstić information content (AvgIpc) is 2.89. The molecule has 0 radical (unpaired) electrons. The van der Waals surface area contributed by atoms with Crippen LogP contribution in [0.2, 0.25) is 0 Å². The van der Waals surface area contributed by atoms with Gasteiger partial charge in [-0.3, -0.25) is 0 Å². The van der Waals surface area contributed by atoms with Crippen molar-refractivity contribution < 1.29 is 9.53 Å². The fraction of sp³-hybridized carbons (Fsp3) is 0.786. The van der Waals surface area contributed by atoms with Crippen LogP contribution in [-0.2, 0) is 4.74 Å². The first-order chi connectivity index (χ1) is 10.1. The van der Waals surface area contributed by atoms with E-state index in [4.69, 9.17) is 4.74 Å². The Morgan fingerprint density at radius 1 is 1.62 bits per heavy atom. The Labute approximate surface area is 129 Å². The van der Waals surface area contributed by atoms with Crippen LogP contribution in [0.1, 0.15) is 44.3 Å². The second-order valence-corrected chi connectivity index (χ2v) is 6.78. The normalized spacial score (nSPS) is 27.6. The van der Waals surface area contributed by atoms with E-state index in [0.717, 1.165) is 12.1 Å². The Morgan fingerprint density at radius 2 is 2.38 bits per heavy atom. The molecule has 0 saturated heterocycles. The van der Waals surface area contributed by atoms with Gasteiger partial charge in [0.25, 0.3) is 0 Å². The summed E-state index contributed by atoms with van der Waals surface area (Å²) in [6.07, 6.45) is 4.82. The van der Waals surface area contributed by atoms with Crippen molar-refractivity contribution in [3.8, 4) is 0 Å². The summed E-state index contributed by atoms with van der Waals surface area (Å²) in [5.41, 5.74) is 1.01. The summed E-state index contributed by atoms with van der Waals surface area (Å²) >= 11 is 1.30. The second-order valence-electron chi connectivity index (χ2n) is 6.17. The molecule has 3 rings (SSSR count). The van der Waals surface area contributed by atoms with Crippen molar-refractivity contribution in [3.05, 3.63) is 11.1 Å². The molecule has 2 amide bonds. The Hall–Kier alpha value is -1.21. The van der Waals surface area contributed by atoms with Crippen molar-refractivity contribution in [3.63, 3.8) is 0 Å². The summed E-state index contributed by atoms with van der Waals surface area (Å²) in [6.45, 7) is 1.93. The number of carbonyl (C=O) groups is 1. The first kappa shape index (κ1) is 14.7. The molecule has 2 fully saturated rings. The van der Waals surface area contributed by atoms with Crippen LogP contribution in [0.25, 0.3) is 0 Å². The summed E-state index contributed by atoms with van der Waals surface area (Å²) < 4.78 is 9.40. The van der Waals surface area contributed by atoms with E-state index < -0.39 is 0 Å². The van der Waals surface area contributed by atoms with Gasteiger partial charge in [-0.15, -0.1) is 5.10 Å². The van der Waals surface area contributed by atoms with Crippen LogP contribution in [0.5, 0.6) is 0 Å². The predicted octanol–water partition coefficient (Wildman–Crippen LogP) is 2.20. The molecule has 7 heteroatoms. The molecule has 1 aromatic heterocycles. The van der Waals surface area contributed by atoms with Crippen molar-refractivity contribution in [1.29, 1.82) is 0 Å². The van der Waals surface area contributed by atoms with Gasteiger partial charge in [-0.1, -0.05) is 10.9 Å². The molecule has 0 aliphatic heterocycles. The summed E-state index contributed by atoms with van der Waals surface area (Å²) in [4.78, 5) is 14.3. The highest BCUT2D eigenvalue weighted by molar-refractivity contribution is 7.03. The molecule has 1 N–H and O–H groups in total. The number of amides is 2. The van der Waals surface area contributed by atoms with Gasteiger partial charge in [-0.2, -0.15) is 0 Å². The van der Waals surface area contributed by atoms with Crippen LogP contribution < -0.4 is 5.32 Å². The highest BCUT2D eigenvalue weighted by atomic mass is 32.1. The fourth-order valence-corrected chi connectivity index (χ4v) is 4.25. The van der Waals surface area contributed by atoms with Gasteiger partial charge in [0.05, 0.1) is 17.8 Å². The SMILES string of the molecule is COC1CC(N(C)C(=O)NC(C)c2csnn2)C12CCC2. The topological polar surface area (TPSA) is 67.3 Å². The number of nitrogens with zero attached hydrogens (tertiary/aromatic N) is 3. The number of rotatable bonds is 4. The van der Waals surface area contributed by atoms with Crippen LogP contribution in [0.15, 0.2) is 5.38 Å². The molecule has 116 valence electrons. The number of methoxy groups -OCH3 is 1. The number of ether oxygens (including phenoxy) is 1. The lowest BCUT2D eigenvalue weighted by atomic mass is 9.50. The van der Waals surface area contributed by atoms with Crippen molar-refractivity contribution in [2.45, 2.75) is 50.8 Å². The standard InChI is InChI=1S/C14H22N4O2S/c1-9(10-8-21-17-16-10)15-13(19)18(2)11-7-12(20-3)14(11)5-4-6-14/h8-9,11-12H,4-7H2,1-3H3,(H,15,19). The lowest BCUT2D eigenvalue weighted by molar-refractivity contribution is -0.182. The lowest BCUT2D eigenvalue weighted by Gasteiger charge is -2.62. The zero-order valence-electron chi connectivity index (χ0n) is 12.7. The molecule has 2 aliphatic carbocycles. The molecule has 2 aliphatic rings. The molecule has 1 spiro atoms. The third kappa shape index (κ3) is 2.32. The number of aromatic nitrogens is 2. The summed E-state index contributed by atoms with van der Waals surface area (Å²) in [7, 11) is 3.66. The van der Waals surface area contributed by atoms with Crippen molar-refractivity contribution in [1.82, 2.24) is 19.8 Å². The molecule has 3 atom stereocenters. The van der Waals surface area contributed by atoms with Crippen molar-refractivity contribution in [2.75, 3.05) is 14.2 Å². The minimum atomic E-state index is -0.116. The number of carbonyl (C=O) groups excluding carboxylic acids is 1. The minimum absolute atomic E-state index is 0.0404. The van der Waals surface area contributed by atoms with Gasteiger partial charge in [0.1, 0.15) is 0 Å². The van der Waals surface area contributed by atoms with Gasteiger partial charge in [0.2, 0.25) is 0 Å². The highest BCUT2D eigenvalue weighted by Crippen LogP contribution is 2.58. The van der Waals surface area contributed by atoms with Crippen LogP contribution in [-0.4, -0.2) is 46.8 Å². The highest BCUT2D eigenvalue weighted by Gasteiger charge is 2.60. The molecule has 21 heavy (non-hydrogen) atoms. The van der Waals surface area contributed by atoms with E-state index in [0.29, 0.717) is 6.10 Å². The monoisotopic (exact) mass is 310 g/mol. The Morgan fingerprint density at radius 3 is 2.90 bits per heavy atom. The molecule has 3 unspecified atom stereocenters. The lowest BCUT2D eigenvalue weighted by Crippen LogP contribution is -2.68. The molecule has 0 bridgehead atoms. The quantitative estimate of drug-likeness (QED) is 0.926. The van der Waals surface area contributed by atoms with Crippen LogP contribution >= 0.6 is 11.5 Å². The minimum Gasteiger partial charge on any atom is -0.381 e. The van der Waals surface area contributed by atoms with Gasteiger partial charge < -0.3 is 15.0 Å². The first-order valence-corrected chi connectivity index (χ1v) is 8.25. The molecular formula is C14H22N4O2S. The Kier molecular flexibility index (Phi) is 3.88. The van der Waals surface area contributed by atoms with Gasteiger partial charge in [-0.05, 0) is 37.7 Å². The fourth-order valence-electron chi connectivity index (χ4n) is 3.70. The Bertz CT molecular complexity index is 503. The number of urea groups is 1. The summed E-state index contributed by atoms with van der Waals surface area (Å²) in [5.74, 6) is 0. The smallest absolute Gasteiger partial charge is 0.317 e. The number of hydrogen-bond donors (Lipinski definition) is 1. The van der Waals surface area contributed by atoms with E-state index in [2.05, 4.69) is 14.9 Å². The van der Waals surface area contributed by atoms with Crippen molar-refractivity contribution in [2.24, 2.45) is 5.41 Å². The maximum absolute atomic E-state index is 12.4. The van der Waals surface area contributed by atoms with E-state index in [9.17, 15) is 4.79 Å². The maximum Gasteiger partial charge on any atom is 0.317 e. The van der Waals surface area contributed by atoms with E-state index in [1.807, 2.05) is 24.3 Å². The van der Waals surface area contributed by atoms with E-state index in [-0.39, 0.29) is 23.5 Å². The Balaban J connectivity index is 1.60. The molecule has 1 aromatic rings. The third-order valence-corrected chi connectivity index (χ3v) is 5.78. The molecule has 2 saturated carbocycles. The molecule has 6 nitrogen and oxygen atoms in total. The third-order valence-electron chi connectivity index (χ3n) is 5.26. The van der Waals surface area contributed by atoms with Crippen molar-refractivity contribution >= 4 is 17.6 Å². The van der Waals surface area contributed by atoms with Crippen LogP contribution in [0.3, 0.4) is 0 Å². The summed E-state index contributed by atoms with van der Waals surface area (Å²) in [6, 6.07) is 0.132. The predicted molar refractivity (Wildman–Crippen MR) is 80.1 cm³/mol. The molecule has 1 heterocycles. The molecular weight excluding hydrogens is 288 g/mol. The number of hydrogen-bond acceptors (Lipinski definition) is 5. The average molecular weight is 310 g/mol. The van der Waals surface area contributed by atoms with E-state index in [1.54, 1.807) is 7.11 Å².